The van der Waals surface area contributed by atoms with Gasteiger partial charge in [-0.3, -0.25) is 0 Å². The summed E-state index contributed by atoms with van der Waals surface area (Å²) in [5, 5.41) is 0. The van der Waals surface area contributed by atoms with Crippen LogP contribution in [0.2, 0.25) is 0 Å². The topological polar surface area (TPSA) is 57.4 Å². The van der Waals surface area contributed by atoms with Crippen molar-refractivity contribution in [3.63, 3.8) is 0 Å². The van der Waals surface area contributed by atoms with Gasteiger partial charge in [0.1, 0.15) is 0 Å². The van der Waals surface area contributed by atoms with Crippen molar-refractivity contribution in [3.05, 3.63) is 162 Å². The Morgan fingerprint density at radius 1 is 0.351 bits per heavy atom. The number of H-pyrrole nitrogens is 2. The van der Waals surface area contributed by atoms with Crippen molar-refractivity contribution in [2.45, 2.75) is 156 Å². The molecule has 4 nitrogen and oxygen atoms in total. The van der Waals surface area contributed by atoms with E-state index in [-0.39, 0.29) is 0 Å². The van der Waals surface area contributed by atoms with Crippen LogP contribution in [0.4, 0.5) is 0 Å². The largest absolute Gasteiger partial charge is 0.355 e. The van der Waals surface area contributed by atoms with Gasteiger partial charge >= 0.3 is 0 Å². The zero-order valence-electron chi connectivity index (χ0n) is 44.4. The molecule has 2 aliphatic rings. The first kappa shape index (κ1) is 52.4. The van der Waals surface area contributed by atoms with Crippen LogP contribution in [0.25, 0.3) is 68.6 Å². The maximum absolute atomic E-state index is 5.53. The molecule has 9 rings (SSSR count). The van der Waals surface area contributed by atoms with Crippen molar-refractivity contribution in [1.29, 1.82) is 0 Å². The zero-order valence-corrected chi connectivity index (χ0v) is 46.0. The lowest BCUT2D eigenvalue weighted by atomic mass is 10.0. The molecule has 6 heteroatoms. The predicted octanol–water partition coefficient (Wildman–Crippen LogP) is 19.4. The van der Waals surface area contributed by atoms with Gasteiger partial charge in [0, 0.05) is 65.2 Å². The molecule has 0 saturated carbocycles. The van der Waals surface area contributed by atoms with Gasteiger partial charge in [-0.15, -0.1) is 22.7 Å². The molecule has 0 fully saturated rings. The van der Waals surface area contributed by atoms with Crippen molar-refractivity contribution < 1.29 is 0 Å². The highest BCUT2D eigenvalue weighted by atomic mass is 32.1. The summed E-state index contributed by atoms with van der Waals surface area (Å²) >= 11 is 3.67. The third-order valence-electron chi connectivity index (χ3n) is 14.4. The molecule has 74 heavy (non-hydrogen) atoms. The quantitative estimate of drug-likeness (QED) is 0.0525. The second-order valence-electron chi connectivity index (χ2n) is 20.1. The summed E-state index contributed by atoms with van der Waals surface area (Å²) in [4.78, 5) is 24.1. The van der Waals surface area contributed by atoms with E-state index in [0.29, 0.717) is 0 Å². The van der Waals surface area contributed by atoms with Crippen LogP contribution in [0.5, 0.6) is 0 Å². The average molecular weight is 1010 g/mol. The maximum Gasteiger partial charge on any atom is 0.0775 e. The fourth-order valence-corrected chi connectivity index (χ4v) is 12.0. The maximum atomic E-state index is 5.53. The van der Waals surface area contributed by atoms with Crippen molar-refractivity contribution in [2.24, 2.45) is 0 Å². The molecule has 8 bridgehead atoms. The number of thiophene rings is 2. The number of nitrogens with zero attached hydrogens (tertiary/aromatic N) is 2. The Labute approximate surface area is 450 Å². The van der Waals surface area contributed by atoms with Crippen molar-refractivity contribution in [2.75, 3.05) is 0 Å². The van der Waals surface area contributed by atoms with Gasteiger partial charge in [0.05, 0.1) is 32.5 Å². The Morgan fingerprint density at radius 2 is 0.730 bits per heavy atom. The van der Waals surface area contributed by atoms with Gasteiger partial charge in [0.15, 0.2) is 0 Å². The number of rotatable bonds is 22. The summed E-state index contributed by atoms with van der Waals surface area (Å²) in [6, 6.07) is 35.5. The lowest BCUT2D eigenvalue weighted by molar-refractivity contribution is 0.667. The molecule has 2 aliphatic heterocycles. The van der Waals surface area contributed by atoms with Crippen molar-refractivity contribution in [1.82, 2.24) is 19.9 Å². The Bertz CT molecular complexity index is 3230. The smallest absolute Gasteiger partial charge is 0.0775 e. The van der Waals surface area contributed by atoms with Gasteiger partial charge in [0.2, 0.25) is 0 Å². The van der Waals surface area contributed by atoms with Crippen LogP contribution >= 0.6 is 22.7 Å². The summed E-state index contributed by atoms with van der Waals surface area (Å²) in [5.41, 5.74) is 17.1. The molecule has 7 heterocycles. The third-order valence-corrected chi connectivity index (χ3v) is 16.5. The molecule has 5 aromatic heterocycles. The molecule has 0 spiro atoms. The van der Waals surface area contributed by atoms with Crippen LogP contribution in [0.15, 0.2) is 97.1 Å². The molecular formula is C68H74N4S2. The third kappa shape index (κ3) is 13.6. The molecule has 2 N–H and O–H groups in total. The Morgan fingerprint density at radius 3 is 1.15 bits per heavy atom. The molecule has 0 aliphatic carbocycles. The van der Waals surface area contributed by atoms with E-state index in [1.807, 2.05) is 22.7 Å². The van der Waals surface area contributed by atoms with Crippen LogP contribution in [-0.4, -0.2) is 19.9 Å². The second kappa shape index (κ2) is 26.7. The highest BCUT2D eigenvalue weighted by molar-refractivity contribution is 7.12. The molecule has 0 radical (unpaired) electrons. The van der Waals surface area contributed by atoms with Gasteiger partial charge in [-0.1, -0.05) is 153 Å². The zero-order chi connectivity index (χ0) is 50.9. The van der Waals surface area contributed by atoms with Crippen LogP contribution in [-0.2, 0) is 25.7 Å². The average Bonchev–Trinajstić information content (AvgIpc) is 4.30. The van der Waals surface area contributed by atoms with Crippen LogP contribution in [0.1, 0.15) is 195 Å². The summed E-state index contributed by atoms with van der Waals surface area (Å²) in [7, 11) is 0. The minimum Gasteiger partial charge on any atom is -0.355 e. The predicted molar refractivity (Wildman–Crippen MR) is 322 cm³/mol. The number of unbranched alkanes of at least 4 members (excludes halogenated alkanes) is 12. The molecule has 2 aromatic carbocycles. The van der Waals surface area contributed by atoms with Crippen LogP contribution in [0, 0.1) is 23.7 Å². The first-order chi connectivity index (χ1) is 36.5. The van der Waals surface area contributed by atoms with E-state index in [1.165, 1.54) is 111 Å². The van der Waals surface area contributed by atoms with E-state index in [2.05, 4.69) is 183 Å². The van der Waals surface area contributed by atoms with Gasteiger partial charge in [-0.25, -0.2) is 9.97 Å². The number of aromatic nitrogens is 4. The minimum absolute atomic E-state index is 0.929. The number of hydrogen-bond acceptors (Lipinski definition) is 4. The minimum atomic E-state index is 0.929. The van der Waals surface area contributed by atoms with E-state index < -0.39 is 0 Å². The highest BCUT2D eigenvalue weighted by Crippen LogP contribution is 2.36. The number of aromatic amines is 2. The fourth-order valence-electron chi connectivity index (χ4n) is 10.2. The van der Waals surface area contributed by atoms with E-state index >= 15 is 0 Å². The van der Waals surface area contributed by atoms with Crippen LogP contribution in [0.3, 0.4) is 0 Å². The molecule has 0 unspecified atom stereocenters. The van der Waals surface area contributed by atoms with Crippen molar-refractivity contribution in [3.8, 4) is 45.9 Å². The summed E-state index contributed by atoms with van der Waals surface area (Å²) < 4.78 is 0. The molecular weight excluding hydrogens is 937 g/mol. The van der Waals surface area contributed by atoms with Gasteiger partial charge in [-0.05, 0) is 160 Å². The van der Waals surface area contributed by atoms with E-state index in [0.717, 1.165) is 127 Å². The second-order valence-corrected chi connectivity index (χ2v) is 22.5. The number of benzene rings is 2. The fraction of sp³-hybridized carbons (Fsp3) is 0.353. The molecule has 0 saturated heterocycles. The van der Waals surface area contributed by atoms with Crippen molar-refractivity contribution >= 4 is 69.0 Å². The first-order valence-corrected chi connectivity index (χ1v) is 29.7. The number of fused-ring (bicyclic) bond motifs is 8. The summed E-state index contributed by atoms with van der Waals surface area (Å²) in [6.07, 6.45) is 32.7. The molecule has 7 aromatic rings. The van der Waals surface area contributed by atoms with Crippen LogP contribution < -0.4 is 0 Å². The lowest BCUT2D eigenvalue weighted by Crippen LogP contribution is -1.94. The Kier molecular flexibility index (Phi) is 18.9. The lowest BCUT2D eigenvalue weighted by Gasteiger charge is -2.07. The van der Waals surface area contributed by atoms with Gasteiger partial charge < -0.3 is 9.97 Å². The monoisotopic (exact) mass is 1010 g/mol. The normalized spacial score (nSPS) is 11.7. The van der Waals surface area contributed by atoms with E-state index in [4.69, 9.17) is 9.97 Å². The number of aryl methyl sites for hydroxylation is 4. The SMILES string of the molecule is CCCCCCc1ccc(C#Cc2ccc(-c3c4nc(c(CCCCCC)c5ccc([nH]5)c(-c5ccc(C#Cc6ccc(CCCCCC)s6)cc5)c5ccc([nH]5)c(CCCCCC)c5nc3C=C5)C=C4)cc2)s1. The summed E-state index contributed by atoms with van der Waals surface area (Å²) in [6.45, 7) is 9.10. The van der Waals surface area contributed by atoms with Gasteiger partial charge in [-0.2, -0.15) is 0 Å². The number of hydrogen-bond donors (Lipinski definition) is 2. The van der Waals surface area contributed by atoms with E-state index in [1.54, 1.807) is 0 Å². The Balaban J connectivity index is 1.14. The standard InChI is InChI=1S/C68H74N4S2/c1-5-9-13-17-21-53-37-39-55(73-53)35-29-49-25-31-51(32-26-49)67-63-45-41-59(69-63)57(23-19-15-11-7-3)61-43-47-65(71-61)68(66-48-44-62(72-66)58(24-20-16-12-8-4)60-42-46-64(67)70-60)52-33-27-50(28-34-52)30-36-56-40-38-54(74-56)22-18-14-10-6-2/h25-28,31-34,37-48,69-70H,5-24H2,1-4H3. The summed E-state index contributed by atoms with van der Waals surface area (Å²) in [5.74, 6) is 13.9. The molecule has 0 atom stereocenters. The number of nitrogens with one attached hydrogen (secondary N) is 2. The highest BCUT2D eigenvalue weighted by Gasteiger charge is 2.19. The van der Waals surface area contributed by atoms with E-state index in [9.17, 15) is 0 Å². The first-order valence-electron chi connectivity index (χ1n) is 28.1. The molecule has 378 valence electrons. The Hall–Kier alpha value is -6.44. The van der Waals surface area contributed by atoms with Gasteiger partial charge in [0.25, 0.3) is 0 Å². The molecule has 0 amide bonds.